The first kappa shape index (κ1) is 71.3. The fraction of sp³-hybridized carbons (Fsp3) is 0.0172. The molecule has 22 aromatic rings. The summed E-state index contributed by atoms with van der Waals surface area (Å²) in [5.74, 6) is 0. The molecule has 0 atom stereocenters. The summed E-state index contributed by atoms with van der Waals surface area (Å²) in [4.78, 5) is 4.78. The highest BCUT2D eigenvalue weighted by Crippen LogP contribution is 2.60. The van der Waals surface area contributed by atoms with Crippen molar-refractivity contribution in [3.8, 4) is 66.8 Å². The minimum atomic E-state index is -0.598. The lowest BCUT2D eigenvalue weighted by molar-refractivity contribution is 0.669. The summed E-state index contributed by atoms with van der Waals surface area (Å²) in [5.41, 5.74) is 32.5. The Morgan fingerprint density at radius 1 is 0.190 bits per heavy atom. The topological polar surface area (TPSA) is 19.6 Å². The molecule has 3 heterocycles. The smallest absolute Gasteiger partial charge is 0.137 e. The Hall–Kier alpha value is -15.0. The first-order valence-corrected chi connectivity index (χ1v) is 43.1. The quantitative estimate of drug-likeness (QED) is 0.108. The molecule has 0 aliphatic heterocycles. The third kappa shape index (κ3) is 11.9. The largest absolute Gasteiger partial charge is 0.456 e. The summed E-state index contributed by atoms with van der Waals surface area (Å²) in [5, 5.41) is 7.29. The number of fused-ring (bicyclic) bond motifs is 15. The Bertz CT molecular complexity index is 7570. The van der Waals surface area contributed by atoms with Gasteiger partial charge < -0.3 is 14.2 Å². The number of hydrogen-bond donors (Lipinski definition) is 0. The predicted molar refractivity (Wildman–Crippen MR) is 512 cm³/mol. The second-order valence-corrected chi connectivity index (χ2v) is 33.8. The molecule has 3 nitrogen and oxygen atoms in total. The van der Waals surface area contributed by atoms with Gasteiger partial charge >= 0.3 is 0 Å². The van der Waals surface area contributed by atoms with E-state index in [9.17, 15) is 0 Å². The summed E-state index contributed by atoms with van der Waals surface area (Å²) >= 11 is 3.75. The molecule has 0 bridgehead atoms. The standard InChI is InChI=1S/C61H39NOS.C55H37NS/c1-4-16-40(17-5-1)42-34-43(41-18-6-2-7-19-41)36-45(35-42)61(55-25-13-10-22-49(55)50-23-11-14-26-56(50)61)44-28-32-59-53(37-44)54-38-47(30-33-60(54)64-59)62(46-20-8-3-9-21-46)48-29-31-52-51-24-12-15-27-57(51)63-58(52)39-48;1-4-17-38(18-5-1)39-19-14-20-40(35-39)41-21-15-26-45(36-41)56(44-24-8-3-9-25-44)52-32-16-29-49-48-34-33-43(37-53(48)57-54(49)52)55(42-22-6-2-7-23-42)50-30-12-10-27-46(50)47-28-11-13-31-51(47)55/h1-39H;1-37H. The Morgan fingerprint density at radius 3 is 1.20 bits per heavy atom. The van der Waals surface area contributed by atoms with E-state index in [2.05, 4.69) is 459 Å². The third-order valence-electron chi connectivity index (χ3n) is 25.0. The van der Waals surface area contributed by atoms with E-state index in [1.165, 1.54) is 157 Å². The fourth-order valence-corrected chi connectivity index (χ4v) is 22.0. The van der Waals surface area contributed by atoms with Crippen molar-refractivity contribution in [1.82, 2.24) is 0 Å². The summed E-state index contributed by atoms with van der Waals surface area (Å²) in [6.45, 7) is 0. The Labute approximate surface area is 711 Å². The highest BCUT2D eigenvalue weighted by molar-refractivity contribution is 7.26. The number of nitrogens with zero attached hydrogens (tertiary/aromatic N) is 2. The maximum Gasteiger partial charge on any atom is 0.137 e. The maximum absolute atomic E-state index is 6.43. The highest BCUT2D eigenvalue weighted by atomic mass is 32.1. The Morgan fingerprint density at radius 2 is 0.587 bits per heavy atom. The van der Waals surface area contributed by atoms with Crippen LogP contribution in [0, 0.1) is 0 Å². The number of thiophene rings is 2. The van der Waals surface area contributed by atoms with Crippen LogP contribution in [0.2, 0.25) is 0 Å². The van der Waals surface area contributed by atoms with Crippen molar-refractivity contribution >= 4 is 119 Å². The van der Waals surface area contributed by atoms with Gasteiger partial charge in [0.1, 0.15) is 11.2 Å². The van der Waals surface area contributed by atoms with Gasteiger partial charge in [-0.25, -0.2) is 0 Å². The summed E-state index contributed by atoms with van der Waals surface area (Å²) in [6, 6.07) is 169. The van der Waals surface area contributed by atoms with Crippen LogP contribution >= 0.6 is 22.7 Å². The summed E-state index contributed by atoms with van der Waals surface area (Å²) < 4.78 is 11.5. The van der Waals surface area contributed by atoms with Crippen LogP contribution in [0.15, 0.2) is 465 Å². The van der Waals surface area contributed by atoms with Crippen LogP contribution in [0.25, 0.3) is 129 Å². The second-order valence-electron chi connectivity index (χ2n) is 31.7. The molecule has 3 aromatic heterocycles. The van der Waals surface area contributed by atoms with E-state index in [-0.39, 0.29) is 0 Å². The molecular weight excluding hydrogens is 1500 g/mol. The van der Waals surface area contributed by atoms with Crippen molar-refractivity contribution in [2.75, 3.05) is 9.80 Å². The molecule has 19 aromatic carbocycles. The van der Waals surface area contributed by atoms with Crippen LogP contribution < -0.4 is 9.80 Å². The molecule has 2 aliphatic rings. The summed E-state index contributed by atoms with van der Waals surface area (Å²) in [6.07, 6.45) is 0. The molecule has 568 valence electrons. The van der Waals surface area contributed by atoms with Gasteiger partial charge in [0.25, 0.3) is 0 Å². The highest BCUT2D eigenvalue weighted by Gasteiger charge is 2.48. The van der Waals surface area contributed by atoms with Crippen LogP contribution in [-0.4, -0.2) is 0 Å². The van der Waals surface area contributed by atoms with Crippen molar-refractivity contribution in [1.29, 1.82) is 0 Å². The molecule has 0 fully saturated rings. The van der Waals surface area contributed by atoms with Crippen LogP contribution in [0.1, 0.15) is 44.5 Å². The fourth-order valence-electron chi connectivity index (χ4n) is 19.7. The molecule has 121 heavy (non-hydrogen) atoms. The second kappa shape index (κ2) is 29.6. The van der Waals surface area contributed by atoms with E-state index in [4.69, 9.17) is 4.42 Å². The predicted octanol–water partition coefficient (Wildman–Crippen LogP) is 32.3. The van der Waals surface area contributed by atoms with E-state index in [0.29, 0.717) is 0 Å². The average molecular weight is 1580 g/mol. The molecule has 0 amide bonds. The average Bonchev–Trinajstić information content (AvgIpc) is 1.55. The molecule has 0 N–H and O–H groups in total. The number of hydrogen-bond acceptors (Lipinski definition) is 5. The number of benzene rings is 19. The van der Waals surface area contributed by atoms with E-state index < -0.39 is 10.8 Å². The van der Waals surface area contributed by atoms with E-state index in [1.807, 2.05) is 34.8 Å². The summed E-state index contributed by atoms with van der Waals surface area (Å²) in [7, 11) is 0. The van der Waals surface area contributed by atoms with Gasteiger partial charge in [-0.15, -0.1) is 22.7 Å². The minimum absolute atomic E-state index is 0.435. The lowest BCUT2D eigenvalue weighted by atomic mass is 9.66. The molecule has 5 heteroatoms. The van der Waals surface area contributed by atoms with Crippen LogP contribution in [-0.2, 0) is 10.8 Å². The molecule has 0 radical (unpaired) electrons. The Kier molecular flexibility index (Phi) is 17.4. The van der Waals surface area contributed by atoms with Gasteiger partial charge in [-0.2, -0.15) is 0 Å². The third-order valence-corrected chi connectivity index (χ3v) is 27.4. The monoisotopic (exact) mass is 1580 g/mol. The van der Waals surface area contributed by atoms with Gasteiger partial charge in [-0.3, -0.25) is 0 Å². The zero-order valence-corrected chi connectivity index (χ0v) is 67.6. The number of anilines is 6. The van der Waals surface area contributed by atoms with E-state index in [0.717, 1.165) is 50.4 Å². The number of para-hydroxylation sites is 3. The molecule has 2 aliphatic carbocycles. The van der Waals surface area contributed by atoms with Crippen LogP contribution in [0.5, 0.6) is 0 Å². The molecule has 0 saturated carbocycles. The SMILES string of the molecule is c1ccc(-c2cc(-c3ccccc3)cc(C3(c4ccc5sc6ccc(N(c7ccccc7)c7ccc8c(c7)oc7ccccc78)cc6c5c4)c4ccccc4-c4ccccc43)c2)cc1.c1ccc(-c2cccc(-c3cccc(N(c4ccccc4)c4cccc5c4sc4cc(C6(c7ccccc7)c7ccccc7-c7ccccc76)ccc45)c3)c2)cc1. The Balaban J connectivity index is 0.000000142. The molecule has 0 unspecified atom stereocenters. The van der Waals surface area contributed by atoms with Crippen LogP contribution in [0.4, 0.5) is 34.1 Å². The van der Waals surface area contributed by atoms with E-state index >= 15 is 0 Å². The zero-order chi connectivity index (χ0) is 80.0. The number of furan rings is 1. The lowest BCUT2D eigenvalue weighted by Crippen LogP contribution is -2.28. The van der Waals surface area contributed by atoms with Crippen LogP contribution in [0.3, 0.4) is 0 Å². The molecule has 24 rings (SSSR count). The normalized spacial score (nSPS) is 12.8. The van der Waals surface area contributed by atoms with Crippen molar-refractivity contribution in [2.45, 2.75) is 10.8 Å². The zero-order valence-electron chi connectivity index (χ0n) is 66.0. The minimum Gasteiger partial charge on any atom is -0.456 e. The first-order valence-electron chi connectivity index (χ1n) is 41.5. The van der Waals surface area contributed by atoms with Gasteiger partial charge in [-0.1, -0.05) is 334 Å². The van der Waals surface area contributed by atoms with Gasteiger partial charge in [0.15, 0.2) is 0 Å². The van der Waals surface area contributed by atoms with Gasteiger partial charge in [0.05, 0.1) is 21.2 Å². The van der Waals surface area contributed by atoms with E-state index in [1.54, 1.807) is 0 Å². The van der Waals surface area contributed by atoms with Gasteiger partial charge in [-0.05, 0) is 233 Å². The van der Waals surface area contributed by atoms with Gasteiger partial charge in [0, 0.05) is 80.9 Å². The maximum atomic E-state index is 6.43. The van der Waals surface area contributed by atoms with Crippen molar-refractivity contribution in [3.63, 3.8) is 0 Å². The van der Waals surface area contributed by atoms with Crippen molar-refractivity contribution in [3.05, 3.63) is 506 Å². The number of rotatable bonds is 14. The molecule has 0 saturated heterocycles. The van der Waals surface area contributed by atoms with Crippen molar-refractivity contribution < 1.29 is 4.42 Å². The molecular formula is C116H76N2OS2. The lowest BCUT2D eigenvalue weighted by Gasteiger charge is -2.35. The first-order chi connectivity index (χ1) is 60.0. The van der Waals surface area contributed by atoms with Crippen molar-refractivity contribution in [2.24, 2.45) is 0 Å². The molecule has 0 spiro atoms. The van der Waals surface area contributed by atoms with Gasteiger partial charge in [0.2, 0.25) is 0 Å².